The number of likely N-dealkylation sites (tertiary alicyclic amines) is 2. The lowest BCUT2D eigenvalue weighted by Gasteiger charge is -2.33. The number of nitrogens with zero attached hydrogens (tertiary/aromatic N) is 8. The van der Waals surface area contributed by atoms with Crippen LogP contribution in [0.1, 0.15) is 180 Å². The van der Waals surface area contributed by atoms with E-state index < -0.39 is 181 Å². The molecular formula is C74H138N35O16+. The fourth-order valence-corrected chi connectivity index (χ4v) is 14.0. The largest absolute Gasteiger partial charge is 0.480 e. The highest BCUT2D eigenvalue weighted by Crippen LogP contribution is 2.27. The number of amides is 14. The third-order valence-electron chi connectivity index (χ3n) is 20.6. The van der Waals surface area contributed by atoms with Crippen molar-refractivity contribution >= 4 is 124 Å². The maximum absolute atomic E-state index is 15.1. The summed E-state index contributed by atoms with van der Waals surface area (Å²) in [4.78, 5) is 233. The van der Waals surface area contributed by atoms with Crippen LogP contribution < -0.4 is 150 Å². The molecule has 51 heteroatoms. The standard InChI is InChI=1S/C74H137N35O16/c75-29-3-1-15-43(98-57(113)42(97-56(112)41-77)17-7-31-91-69(80)81)58(114)99-44(16-2-4-30-76)59(115)100-47(21-11-36-96-74(90)107-37-5-6-38-107)61(117)101-46(19-9-33-93-71(84)85)62(118)104-49(25-27-54(78)110)64(120)103-45(18-8-32-92-70(82)83)60(116)102-48(20-10-34-94-72(86)87)63(119)105-50(22-12-35-95-73(88)89)66(122)109-40-14-24-53(109)67(123)108-39-13-23-52(108)65(121)106-51(68(124)125)26-28-55(79)111/h42-53H,1-41,75-77H2,(H37,78,79,80,81,82,83,84,85,86,87,88,89,90,91,92,93,94,95,96,97,98,99,100,101,102,103,104,105,106,110,111,112,113,114,115,116,117,118,119,120,121,124,125)/p+1/t42-,43-,44-,45-,46-,47-,48-,49-,50-,51-,52-,53-/m0/s1. The Morgan fingerprint density at radius 2 is 0.648 bits per heavy atom. The molecule has 125 heavy (non-hydrogen) atoms. The minimum absolute atomic E-state index is 0.00187. The SMILES string of the molecule is NCCCC[C@H](NC(=O)[C@H](CCCN=C(N)N)NC(=O)CN)C(=O)N[C@@H](CCCCN)C(=O)N[C@@H](CCCNC(N)=[N+]1CCCC1)C(=O)N[C@@H](CCCN=C(N)N)C(=O)N[C@@H](CCC(N)=O)C(=O)N[C@@H](CCCN=C(N)N)C(=O)N[C@@H](CCCN=C(N)N)C(=O)N[C@@H](CCCN=C(N)N)C(=O)N1CCC[C@H]1C(=O)N1CCC[C@H]1C(=O)N[C@@H](CCC(N)=O)C(=O)O. The normalized spacial score (nSPS) is 16.4. The number of carbonyl (C=O) groups excluding carboxylic acids is 14. The maximum atomic E-state index is 15.1. The summed E-state index contributed by atoms with van der Waals surface area (Å²) in [6.07, 6.45) is 1.47. The van der Waals surface area contributed by atoms with E-state index in [1.165, 1.54) is 9.80 Å². The molecule has 44 N–H and O–H groups in total. The molecule has 3 heterocycles. The van der Waals surface area contributed by atoms with E-state index >= 15 is 24.0 Å². The molecule has 12 atom stereocenters. The van der Waals surface area contributed by atoms with Crippen LogP contribution in [0.25, 0.3) is 0 Å². The summed E-state index contributed by atoms with van der Waals surface area (Å²) in [6.45, 7) is 1.24. The highest BCUT2D eigenvalue weighted by atomic mass is 16.4. The number of carboxylic acid groups (broad SMARTS) is 1. The number of unbranched alkanes of at least 4 members (excludes halogenated alkanes) is 2. The molecule has 3 rings (SSSR count). The molecule has 51 nitrogen and oxygen atoms in total. The van der Waals surface area contributed by atoms with E-state index in [1.54, 1.807) is 0 Å². The van der Waals surface area contributed by atoms with Gasteiger partial charge < -0.3 is 154 Å². The first-order valence-corrected chi connectivity index (χ1v) is 42.3. The Morgan fingerprint density at radius 3 is 0.984 bits per heavy atom. The van der Waals surface area contributed by atoms with Crippen molar-refractivity contribution in [2.24, 2.45) is 117 Å². The van der Waals surface area contributed by atoms with E-state index in [-0.39, 0.29) is 217 Å². The highest BCUT2D eigenvalue weighted by molar-refractivity contribution is 6.00. The number of hydrogen-bond donors (Lipinski definition) is 28. The summed E-state index contributed by atoms with van der Waals surface area (Å²) < 4.78 is 1.94. The number of carbonyl (C=O) groups is 15. The molecule has 14 amide bonds. The predicted octanol–water partition coefficient (Wildman–Crippen LogP) is -12.6. The molecule has 0 radical (unpaired) electrons. The minimum atomic E-state index is -1.77. The number of carboxylic acids is 1. The van der Waals surface area contributed by atoms with E-state index in [0.717, 1.165) is 12.8 Å². The monoisotopic (exact) mass is 1770 g/mol. The van der Waals surface area contributed by atoms with Crippen molar-refractivity contribution in [3.05, 3.63) is 0 Å². The van der Waals surface area contributed by atoms with E-state index in [9.17, 15) is 53.1 Å². The van der Waals surface area contributed by atoms with Crippen LogP contribution in [0.4, 0.5) is 0 Å². The van der Waals surface area contributed by atoms with Gasteiger partial charge in [0, 0.05) is 58.7 Å². The number of guanidine groups is 6. The summed E-state index contributed by atoms with van der Waals surface area (Å²) in [5.74, 6) is -14.8. The third-order valence-corrected chi connectivity index (χ3v) is 20.6. The number of aliphatic imine (C=N–C) groups is 5. The van der Waals surface area contributed by atoms with Gasteiger partial charge in [0.05, 0.1) is 26.2 Å². The maximum Gasteiger partial charge on any atom is 0.343 e. The van der Waals surface area contributed by atoms with Crippen LogP contribution in [0, 0.1) is 0 Å². The van der Waals surface area contributed by atoms with Gasteiger partial charge in [0.2, 0.25) is 82.7 Å². The van der Waals surface area contributed by atoms with E-state index in [0.29, 0.717) is 51.2 Å². The van der Waals surface area contributed by atoms with Gasteiger partial charge in [-0.1, -0.05) is 0 Å². The summed E-state index contributed by atoms with van der Waals surface area (Å²) in [5.41, 5.74) is 90.8. The number of nitrogens with one attached hydrogen (secondary N) is 11. The average molecular weight is 1770 g/mol. The molecule has 3 fully saturated rings. The first-order chi connectivity index (χ1) is 59.4. The van der Waals surface area contributed by atoms with Crippen molar-refractivity contribution in [3.8, 4) is 0 Å². The van der Waals surface area contributed by atoms with Gasteiger partial charge in [0.15, 0.2) is 29.8 Å². The van der Waals surface area contributed by atoms with Crippen LogP contribution in [0.2, 0.25) is 0 Å². The van der Waals surface area contributed by atoms with Crippen molar-refractivity contribution in [2.45, 2.75) is 252 Å². The Bertz CT molecular complexity index is 3740. The molecule has 0 spiro atoms. The quantitative estimate of drug-likeness (QED) is 0.0116. The van der Waals surface area contributed by atoms with Crippen LogP contribution in [-0.4, -0.2) is 301 Å². The average Bonchev–Trinajstić information content (AvgIpc) is 1.67. The van der Waals surface area contributed by atoms with Gasteiger partial charge in [0.25, 0.3) is 0 Å². The lowest BCUT2D eigenvalue weighted by molar-refractivity contribution is -0.509. The Morgan fingerprint density at radius 1 is 0.344 bits per heavy atom. The minimum Gasteiger partial charge on any atom is -0.480 e. The van der Waals surface area contributed by atoms with E-state index in [1.807, 2.05) is 4.58 Å². The Labute approximate surface area is 725 Å². The van der Waals surface area contributed by atoms with Gasteiger partial charge in [-0.2, -0.15) is 0 Å². The van der Waals surface area contributed by atoms with Gasteiger partial charge in [-0.3, -0.25) is 108 Å². The van der Waals surface area contributed by atoms with Crippen LogP contribution in [0.15, 0.2) is 25.0 Å². The Kier molecular flexibility index (Phi) is 50.0. The fourth-order valence-electron chi connectivity index (χ4n) is 14.0. The van der Waals surface area contributed by atoms with Crippen LogP contribution >= 0.6 is 0 Å². The molecule has 0 aromatic rings. The van der Waals surface area contributed by atoms with Gasteiger partial charge in [-0.15, -0.1) is 0 Å². The zero-order valence-electron chi connectivity index (χ0n) is 71.3. The van der Waals surface area contributed by atoms with Crippen LogP contribution in [-0.2, 0) is 71.9 Å². The molecule has 3 aliphatic rings. The number of aliphatic carboxylic acids is 1. The molecule has 0 aromatic heterocycles. The highest BCUT2D eigenvalue weighted by Gasteiger charge is 2.45. The topological polar surface area (TPSA) is 896 Å². The van der Waals surface area contributed by atoms with E-state index in [2.05, 4.69) is 83.4 Å². The lowest BCUT2D eigenvalue weighted by atomic mass is 10.0. The van der Waals surface area contributed by atoms with Crippen molar-refractivity contribution in [1.82, 2.24) is 68.3 Å². The lowest BCUT2D eigenvalue weighted by Crippen LogP contribution is -2.61. The zero-order chi connectivity index (χ0) is 93.1. The van der Waals surface area contributed by atoms with Crippen LogP contribution in [0.5, 0.6) is 0 Å². The molecule has 3 saturated heterocycles. The molecule has 0 aliphatic carbocycles. The summed E-state index contributed by atoms with van der Waals surface area (Å²) in [6, 6.07) is -17.4. The molecular weight excluding hydrogens is 1640 g/mol. The molecule has 3 aliphatic heterocycles. The predicted molar refractivity (Wildman–Crippen MR) is 463 cm³/mol. The number of nitrogens with two attached hydrogens (primary N) is 16. The molecule has 704 valence electrons. The first kappa shape index (κ1) is 107. The Balaban J connectivity index is 2.15. The van der Waals surface area contributed by atoms with Crippen molar-refractivity contribution < 1.29 is 81.6 Å². The van der Waals surface area contributed by atoms with Crippen molar-refractivity contribution in [1.29, 1.82) is 0 Å². The second-order valence-electron chi connectivity index (χ2n) is 30.6. The zero-order valence-corrected chi connectivity index (χ0v) is 71.3. The Hall–Kier alpha value is -12.4. The van der Waals surface area contributed by atoms with E-state index in [4.69, 9.17) is 91.7 Å². The second-order valence-corrected chi connectivity index (χ2v) is 30.6. The molecule has 0 saturated carbocycles. The van der Waals surface area contributed by atoms with Gasteiger partial charge in [0.1, 0.15) is 72.5 Å². The van der Waals surface area contributed by atoms with Gasteiger partial charge in [-0.25, -0.2) is 4.79 Å². The summed E-state index contributed by atoms with van der Waals surface area (Å²) in [5, 5.41) is 39.4. The fraction of sp³-hybridized carbons (Fsp3) is 0.716. The number of primary amides is 2. The first-order valence-electron chi connectivity index (χ1n) is 42.3. The van der Waals surface area contributed by atoms with Gasteiger partial charge in [-0.05, 0) is 180 Å². The third kappa shape index (κ3) is 42.0. The van der Waals surface area contributed by atoms with Crippen molar-refractivity contribution in [2.75, 3.05) is 85.1 Å². The summed E-state index contributed by atoms with van der Waals surface area (Å²) >= 11 is 0. The molecule has 0 unspecified atom stereocenters. The molecule has 0 aromatic carbocycles. The molecule has 0 bridgehead atoms. The van der Waals surface area contributed by atoms with Gasteiger partial charge >= 0.3 is 11.9 Å². The second kappa shape index (κ2) is 58.6. The van der Waals surface area contributed by atoms with Crippen LogP contribution in [0.3, 0.4) is 0 Å². The smallest absolute Gasteiger partial charge is 0.343 e. The number of rotatable bonds is 61. The number of hydrogen-bond acceptors (Lipinski definition) is 23. The van der Waals surface area contributed by atoms with Crippen molar-refractivity contribution in [3.63, 3.8) is 0 Å². The summed E-state index contributed by atoms with van der Waals surface area (Å²) in [7, 11) is 0.